The van der Waals surface area contributed by atoms with E-state index in [1.807, 2.05) is 0 Å². The molecule has 0 aliphatic carbocycles. The van der Waals surface area contributed by atoms with Crippen LogP contribution in [0.5, 0.6) is 0 Å². The fraction of sp³-hybridized carbons (Fsp3) is 0.125. The van der Waals surface area contributed by atoms with E-state index in [-0.39, 0.29) is 22.7 Å². The second-order valence-electron chi connectivity index (χ2n) is 2.70. The summed E-state index contributed by atoms with van der Waals surface area (Å²) in [6.45, 7) is 1.27. The van der Waals surface area contributed by atoms with E-state index >= 15 is 0 Å². The molecule has 0 unspecified atom stereocenters. The SMILES string of the molecule is CC(=O)c1cc(Br)c(N)cc1[N+](=O)[O-]. The average molecular weight is 259 g/mol. The summed E-state index contributed by atoms with van der Waals surface area (Å²) in [7, 11) is 0. The number of nitro benzene ring substituents is 1. The topological polar surface area (TPSA) is 86.2 Å². The predicted octanol–water partition coefficient (Wildman–Crippen LogP) is 2.14. The van der Waals surface area contributed by atoms with Gasteiger partial charge in [0, 0.05) is 10.5 Å². The maximum Gasteiger partial charge on any atom is 0.282 e. The summed E-state index contributed by atoms with van der Waals surface area (Å²) < 4.78 is 0.480. The summed E-state index contributed by atoms with van der Waals surface area (Å²) in [4.78, 5) is 21.0. The number of hydrogen-bond acceptors (Lipinski definition) is 4. The van der Waals surface area contributed by atoms with Crippen LogP contribution in [0.4, 0.5) is 11.4 Å². The Morgan fingerprint density at radius 2 is 2.14 bits per heavy atom. The van der Waals surface area contributed by atoms with Gasteiger partial charge in [-0.25, -0.2) is 0 Å². The van der Waals surface area contributed by atoms with Crippen molar-refractivity contribution in [2.75, 3.05) is 5.73 Å². The molecule has 0 radical (unpaired) electrons. The Bertz CT molecular complexity index is 378. The van der Waals surface area contributed by atoms with Crippen LogP contribution in [0, 0.1) is 10.1 Å². The monoisotopic (exact) mass is 258 g/mol. The van der Waals surface area contributed by atoms with E-state index in [1.54, 1.807) is 0 Å². The smallest absolute Gasteiger partial charge is 0.282 e. The number of nitrogens with two attached hydrogens (primary N) is 1. The quantitative estimate of drug-likeness (QED) is 0.381. The lowest BCUT2D eigenvalue weighted by atomic mass is 10.1. The van der Waals surface area contributed by atoms with Gasteiger partial charge in [-0.15, -0.1) is 0 Å². The van der Waals surface area contributed by atoms with Gasteiger partial charge in [0.25, 0.3) is 5.69 Å². The summed E-state index contributed by atoms with van der Waals surface area (Å²) in [5, 5.41) is 10.6. The van der Waals surface area contributed by atoms with E-state index in [4.69, 9.17) is 5.73 Å². The lowest BCUT2D eigenvalue weighted by Crippen LogP contribution is -2.02. The molecule has 5 nitrogen and oxygen atoms in total. The van der Waals surface area contributed by atoms with E-state index in [9.17, 15) is 14.9 Å². The van der Waals surface area contributed by atoms with Crippen LogP contribution >= 0.6 is 15.9 Å². The van der Waals surface area contributed by atoms with Crippen molar-refractivity contribution in [3.05, 3.63) is 32.3 Å². The van der Waals surface area contributed by atoms with Crippen LogP contribution in [0.15, 0.2) is 16.6 Å². The van der Waals surface area contributed by atoms with Crippen LogP contribution in [0.3, 0.4) is 0 Å². The second kappa shape index (κ2) is 3.75. The first kappa shape index (κ1) is 10.6. The van der Waals surface area contributed by atoms with E-state index in [2.05, 4.69) is 15.9 Å². The number of anilines is 1. The van der Waals surface area contributed by atoms with Crippen molar-refractivity contribution in [1.82, 2.24) is 0 Å². The fourth-order valence-corrected chi connectivity index (χ4v) is 1.35. The number of hydrogen-bond donors (Lipinski definition) is 1. The van der Waals surface area contributed by atoms with Crippen molar-refractivity contribution in [2.24, 2.45) is 0 Å². The van der Waals surface area contributed by atoms with Crippen molar-refractivity contribution in [2.45, 2.75) is 6.92 Å². The minimum Gasteiger partial charge on any atom is -0.398 e. The molecule has 0 atom stereocenters. The van der Waals surface area contributed by atoms with E-state index in [1.165, 1.54) is 19.1 Å². The number of nitro groups is 1. The number of nitrogens with zero attached hydrogens (tertiary/aromatic N) is 1. The van der Waals surface area contributed by atoms with Gasteiger partial charge in [0.15, 0.2) is 5.78 Å². The Kier molecular flexibility index (Phi) is 2.85. The van der Waals surface area contributed by atoms with Crippen LogP contribution in [0.25, 0.3) is 0 Å². The fourth-order valence-electron chi connectivity index (χ4n) is 1.01. The van der Waals surface area contributed by atoms with Crippen LogP contribution in [0.2, 0.25) is 0 Å². The lowest BCUT2D eigenvalue weighted by molar-refractivity contribution is -0.385. The largest absolute Gasteiger partial charge is 0.398 e. The minimum absolute atomic E-state index is 0.0519. The Labute approximate surface area is 88.2 Å². The van der Waals surface area contributed by atoms with Gasteiger partial charge < -0.3 is 5.73 Å². The first-order chi connectivity index (χ1) is 6.43. The van der Waals surface area contributed by atoms with Crippen molar-refractivity contribution in [3.63, 3.8) is 0 Å². The van der Waals surface area contributed by atoms with Crippen molar-refractivity contribution >= 4 is 33.1 Å². The normalized spacial score (nSPS) is 9.86. The number of Topliss-reactive ketones (excluding diaryl/α,β-unsaturated/α-hetero) is 1. The number of carbonyl (C=O) groups excluding carboxylic acids is 1. The summed E-state index contributed by atoms with van der Waals surface area (Å²) in [6, 6.07) is 2.52. The van der Waals surface area contributed by atoms with Gasteiger partial charge in [-0.1, -0.05) is 0 Å². The van der Waals surface area contributed by atoms with Gasteiger partial charge in [0.1, 0.15) is 0 Å². The number of halogens is 1. The molecule has 1 rings (SSSR count). The molecule has 0 amide bonds. The van der Waals surface area contributed by atoms with Gasteiger partial charge >= 0.3 is 0 Å². The van der Waals surface area contributed by atoms with Crippen LogP contribution in [-0.2, 0) is 0 Å². The number of rotatable bonds is 2. The number of nitrogen functional groups attached to an aromatic ring is 1. The lowest BCUT2D eigenvalue weighted by Gasteiger charge is -2.02. The molecule has 0 spiro atoms. The molecule has 0 aromatic heterocycles. The molecule has 1 aromatic carbocycles. The molecule has 0 aliphatic rings. The molecule has 2 N–H and O–H groups in total. The maximum absolute atomic E-state index is 11.1. The van der Waals surface area contributed by atoms with Gasteiger partial charge in [0.05, 0.1) is 16.2 Å². The van der Waals surface area contributed by atoms with Gasteiger partial charge in [-0.05, 0) is 28.9 Å². The number of benzene rings is 1. The second-order valence-corrected chi connectivity index (χ2v) is 3.56. The molecule has 0 saturated carbocycles. The standard InChI is InChI=1S/C8H7BrN2O3/c1-4(12)5-2-6(9)7(10)3-8(5)11(13)14/h2-3H,10H2,1H3. The average Bonchev–Trinajstić information content (AvgIpc) is 2.08. The molecule has 0 heterocycles. The molecule has 6 heteroatoms. The van der Waals surface area contributed by atoms with Gasteiger partial charge in [-0.2, -0.15) is 0 Å². The van der Waals surface area contributed by atoms with Gasteiger partial charge in [0.2, 0.25) is 0 Å². The van der Waals surface area contributed by atoms with Crippen LogP contribution < -0.4 is 5.73 Å². The molecule has 14 heavy (non-hydrogen) atoms. The summed E-state index contributed by atoms with van der Waals surface area (Å²) in [6.07, 6.45) is 0. The zero-order valence-electron chi connectivity index (χ0n) is 7.28. The van der Waals surface area contributed by atoms with Crippen LogP contribution in [0.1, 0.15) is 17.3 Å². The Hall–Kier alpha value is -1.43. The van der Waals surface area contributed by atoms with Crippen molar-refractivity contribution in [3.8, 4) is 0 Å². The molecule has 0 bridgehead atoms. The predicted molar refractivity (Wildman–Crippen MR) is 55.2 cm³/mol. The summed E-state index contributed by atoms with van der Waals surface area (Å²) in [5.41, 5.74) is 5.49. The molecule has 0 aliphatic heterocycles. The number of ketones is 1. The molecule has 0 saturated heterocycles. The Morgan fingerprint density at radius 1 is 1.57 bits per heavy atom. The van der Waals surface area contributed by atoms with Crippen molar-refractivity contribution in [1.29, 1.82) is 0 Å². The van der Waals surface area contributed by atoms with E-state index in [0.29, 0.717) is 4.47 Å². The highest BCUT2D eigenvalue weighted by Gasteiger charge is 2.19. The third-order valence-corrected chi connectivity index (χ3v) is 2.38. The number of carbonyl (C=O) groups is 1. The minimum atomic E-state index is -0.625. The maximum atomic E-state index is 11.1. The summed E-state index contributed by atoms with van der Waals surface area (Å²) >= 11 is 3.10. The third-order valence-electron chi connectivity index (χ3n) is 1.69. The Morgan fingerprint density at radius 3 is 2.57 bits per heavy atom. The third kappa shape index (κ3) is 1.90. The first-order valence-corrected chi connectivity index (χ1v) is 4.47. The molecule has 1 aromatic rings. The molecule has 74 valence electrons. The highest BCUT2D eigenvalue weighted by molar-refractivity contribution is 9.10. The van der Waals surface area contributed by atoms with E-state index in [0.717, 1.165) is 0 Å². The van der Waals surface area contributed by atoms with E-state index < -0.39 is 4.92 Å². The molecular weight excluding hydrogens is 252 g/mol. The summed E-state index contributed by atoms with van der Waals surface area (Å²) in [5.74, 6) is -0.364. The van der Waals surface area contributed by atoms with Crippen LogP contribution in [-0.4, -0.2) is 10.7 Å². The highest BCUT2D eigenvalue weighted by atomic mass is 79.9. The zero-order valence-corrected chi connectivity index (χ0v) is 8.87. The Balaban J connectivity index is 3.46. The zero-order chi connectivity index (χ0) is 10.9. The molecular formula is C8H7BrN2O3. The van der Waals surface area contributed by atoms with Crippen molar-refractivity contribution < 1.29 is 9.72 Å². The first-order valence-electron chi connectivity index (χ1n) is 3.68. The highest BCUT2D eigenvalue weighted by Crippen LogP contribution is 2.29. The van der Waals surface area contributed by atoms with Gasteiger partial charge in [-0.3, -0.25) is 14.9 Å². The molecule has 0 fully saturated rings.